The van der Waals surface area contributed by atoms with Crippen LogP contribution in [-0.4, -0.2) is 91.1 Å². The highest BCUT2D eigenvalue weighted by atomic mass is 16.7. The topological polar surface area (TPSA) is 67.9 Å². The highest BCUT2D eigenvalue weighted by Gasteiger charge is 2.07. The summed E-state index contributed by atoms with van der Waals surface area (Å²) in [7, 11) is 0. The minimum atomic E-state index is 0.356. The Morgan fingerprint density at radius 1 is 0.536 bits per heavy atom. The molecule has 0 radical (unpaired) electrons. The third kappa shape index (κ3) is 12.4. The first-order valence-corrected chi connectivity index (χ1v) is 9.83. The molecule has 0 aromatic heterocycles. The number of ether oxygens (including phenoxy) is 6. The summed E-state index contributed by atoms with van der Waals surface area (Å²) in [6, 6.07) is 10.1. The van der Waals surface area contributed by atoms with E-state index in [1.807, 2.05) is 18.2 Å². The highest BCUT2D eigenvalue weighted by molar-refractivity contribution is 5.13. The van der Waals surface area contributed by atoms with Gasteiger partial charge in [0.1, 0.15) is 6.73 Å². The molecule has 28 heavy (non-hydrogen) atoms. The van der Waals surface area contributed by atoms with E-state index < -0.39 is 0 Å². The van der Waals surface area contributed by atoms with Gasteiger partial charge in [-0.15, -0.1) is 0 Å². The van der Waals surface area contributed by atoms with E-state index in [1.54, 1.807) is 5.06 Å². The summed E-state index contributed by atoms with van der Waals surface area (Å²) in [4.78, 5) is 5.81. The van der Waals surface area contributed by atoms with Crippen molar-refractivity contribution in [1.82, 2.24) is 5.06 Å². The van der Waals surface area contributed by atoms with Gasteiger partial charge in [-0.05, 0) is 5.56 Å². The second-order valence-corrected chi connectivity index (χ2v) is 6.06. The summed E-state index contributed by atoms with van der Waals surface area (Å²) in [5.41, 5.74) is 1.15. The van der Waals surface area contributed by atoms with Crippen molar-refractivity contribution in [3.63, 3.8) is 0 Å². The Hall–Kier alpha value is -1.10. The number of nitrogens with zero attached hydrogens (tertiary/aromatic N) is 1. The van der Waals surface area contributed by atoms with Crippen molar-refractivity contribution in [2.24, 2.45) is 0 Å². The Morgan fingerprint density at radius 3 is 1.46 bits per heavy atom. The quantitative estimate of drug-likeness (QED) is 0.741. The van der Waals surface area contributed by atoms with Crippen molar-refractivity contribution in [2.75, 3.05) is 86.0 Å². The van der Waals surface area contributed by atoms with Gasteiger partial charge in [-0.1, -0.05) is 30.3 Å². The van der Waals surface area contributed by atoms with Crippen molar-refractivity contribution in [2.45, 2.75) is 6.54 Å². The minimum absolute atomic E-state index is 0.356. The summed E-state index contributed by atoms with van der Waals surface area (Å²) in [6.45, 7) is 7.28. The molecule has 0 aliphatic carbocycles. The number of hydrogen-bond donors (Lipinski definition) is 0. The molecule has 1 aliphatic rings. The zero-order valence-electron chi connectivity index (χ0n) is 16.6. The predicted molar refractivity (Wildman–Crippen MR) is 103 cm³/mol. The number of benzene rings is 1. The van der Waals surface area contributed by atoms with E-state index in [0.717, 1.165) is 5.56 Å². The van der Waals surface area contributed by atoms with Gasteiger partial charge < -0.3 is 28.4 Å². The molecule has 0 atom stereocenters. The molecule has 1 saturated heterocycles. The third-order valence-corrected chi connectivity index (χ3v) is 3.80. The fourth-order valence-corrected chi connectivity index (χ4v) is 2.41. The molecule has 0 saturated carbocycles. The minimum Gasteiger partial charge on any atom is -0.377 e. The Labute approximate surface area is 167 Å². The van der Waals surface area contributed by atoms with E-state index in [-0.39, 0.29) is 0 Å². The van der Waals surface area contributed by atoms with E-state index in [9.17, 15) is 0 Å². The molecule has 1 fully saturated rings. The molecule has 0 bridgehead atoms. The second kappa shape index (κ2) is 16.8. The molecule has 160 valence electrons. The smallest absolute Gasteiger partial charge is 0.122 e. The highest BCUT2D eigenvalue weighted by Crippen LogP contribution is 2.05. The lowest BCUT2D eigenvalue weighted by molar-refractivity contribution is -0.223. The van der Waals surface area contributed by atoms with Crippen LogP contribution < -0.4 is 0 Å². The first kappa shape index (κ1) is 23.2. The first-order chi connectivity index (χ1) is 13.9. The molecule has 1 aliphatic heterocycles. The van der Waals surface area contributed by atoms with Gasteiger partial charge in [-0.2, -0.15) is 5.06 Å². The van der Waals surface area contributed by atoms with Crippen LogP contribution in [0.2, 0.25) is 0 Å². The Morgan fingerprint density at radius 2 is 0.964 bits per heavy atom. The SMILES string of the molecule is c1ccc(CN2COCCOCCOCCOCCOCCOCCO2)cc1. The fourth-order valence-electron chi connectivity index (χ4n) is 2.41. The van der Waals surface area contributed by atoms with Crippen LogP contribution >= 0.6 is 0 Å². The average molecular weight is 399 g/mol. The Kier molecular flexibility index (Phi) is 13.9. The van der Waals surface area contributed by atoms with Gasteiger partial charge in [0.25, 0.3) is 0 Å². The van der Waals surface area contributed by atoms with E-state index in [4.69, 9.17) is 33.3 Å². The van der Waals surface area contributed by atoms with Gasteiger partial charge in [-0.3, -0.25) is 4.84 Å². The van der Waals surface area contributed by atoms with E-state index in [2.05, 4.69) is 12.1 Å². The monoisotopic (exact) mass is 399 g/mol. The second-order valence-electron chi connectivity index (χ2n) is 6.06. The molecule has 8 nitrogen and oxygen atoms in total. The molecule has 8 heteroatoms. The van der Waals surface area contributed by atoms with Crippen LogP contribution in [0.15, 0.2) is 30.3 Å². The van der Waals surface area contributed by atoms with Crippen LogP contribution in [-0.2, 0) is 39.8 Å². The van der Waals surface area contributed by atoms with Crippen LogP contribution in [0.5, 0.6) is 0 Å². The van der Waals surface area contributed by atoms with Crippen LogP contribution in [0.3, 0.4) is 0 Å². The lowest BCUT2D eigenvalue weighted by Crippen LogP contribution is -2.29. The van der Waals surface area contributed by atoms with Gasteiger partial charge in [0, 0.05) is 0 Å². The number of hydroxylamine groups is 2. The molecular formula is C20H33NO7. The molecule has 1 aromatic rings. The summed E-state index contributed by atoms with van der Waals surface area (Å²) in [5.74, 6) is 0. The fraction of sp³-hybridized carbons (Fsp3) is 0.700. The summed E-state index contributed by atoms with van der Waals surface area (Å²) >= 11 is 0. The summed E-state index contributed by atoms with van der Waals surface area (Å²) in [5, 5.41) is 1.79. The molecule has 0 unspecified atom stereocenters. The average Bonchev–Trinajstić information content (AvgIpc) is 2.72. The molecule has 2 rings (SSSR count). The zero-order chi connectivity index (χ0) is 19.5. The van der Waals surface area contributed by atoms with E-state index >= 15 is 0 Å². The van der Waals surface area contributed by atoms with Gasteiger partial charge >= 0.3 is 0 Å². The lowest BCUT2D eigenvalue weighted by atomic mass is 10.2. The van der Waals surface area contributed by atoms with Gasteiger partial charge in [0.05, 0.1) is 85.8 Å². The third-order valence-electron chi connectivity index (χ3n) is 3.80. The molecule has 0 amide bonds. The van der Waals surface area contributed by atoms with Crippen molar-refractivity contribution >= 4 is 0 Å². The maximum atomic E-state index is 5.81. The summed E-state index contributed by atoms with van der Waals surface area (Å²) in [6.07, 6.45) is 0. The maximum absolute atomic E-state index is 5.81. The molecule has 1 heterocycles. The zero-order valence-corrected chi connectivity index (χ0v) is 16.6. The van der Waals surface area contributed by atoms with Crippen LogP contribution in [0, 0.1) is 0 Å². The molecule has 1 aromatic carbocycles. The van der Waals surface area contributed by atoms with Crippen molar-refractivity contribution < 1.29 is 33.3 Å². The maximum Gasteiger partial charge on any atom is 0.122 e. The van der Waals surface area contributed by atoms with Crippen LogP contribution in [0.1, 0.15) is 5.56 Å². The van der Waals surface area contributed by atoms with Crippen LogP contribution in [0.25, 0.3) is 0 Å². The Bertz CT molecular complexity index is 441. The lowest BCUT2D eigenvalue weighted by Gasteiger charge is -2.22. The first-order valence-electron chi connectivity index (χ1n) is 9.83. The van der Waals surface area contributed by atoms with Crippen molar-refractivity contribution in [3.05, 3.63) is 35.9 Å². The predicted octanol–water partition coefficient (Wildman–Crippen LogP) is 1.49. The number of rotatable bonds is 2. The van der Waals surface area contributed by atoms with E-state index in [1.165, 1.54) is 0 Å². The normalized spacial score (nSPS) is 21.6. The van der Waals surface area contributed by atoms with Gasteiger partial charge in [-0.25, -0.2) is 0 Å². The number of hydrogen-bond acceptors (Lipinski definition) is 8. The molecular weight excluding hydrogens is 366 g/mol. The largest absolute Gasteiger partial charge is 0.377 e. The van der Waals surface area contributed by atoms with Crippen LogP contribution in [0.4, 0.5) is 0 Å². The molecule has 0 N–H and O–H groups in total. The molecule has 0 spiro atoms. The van der Waals surface area contributed by atoms with E-state index in [0.29, 0.717) is 92.6 Å². The Balaban J connectivity index is 1.70. The standard InChI is InChI=1S/C20H33NO7/c1-2-4-20(5-3-1)18-21-19-27-15-14-25-11-10-23-7-6-22-8-9-24-12-13-26-16-17-28-21/h1-5H,6-19H2. The van der Waals surface area contributed by atoms with Crippen molar-refractivity contribution in [1.29, 1.82) is 0 Å². The van der Waals surface area contributed by atoms with Gasteiger partial charge in [0.2, 0.25) is 0 Å². The summed E-state index contributed by atoms with van der Waals surface area (Å²) < 4.78 is 33.0. The van der Waals surface area contributed by atoms with Gasteiger partial charge in [0.15, 0.2) is 0 Å². The van der Waals surface area contributed by atoms with Crippen molar-refractivity contribution in [3.8, 4) is 0 Å².